The number of benzene rings is 2. The van der Waals surface area contributed by atoms with Gasteiger partial charge in [0, 0.05) is 22.7 Å². The number of carbonyl (C=O) groups is 3. The molecule has 0 aliphatic carbocycles. The Labute approximate surface area is 161 Å². The lowest BCUT2D eigenvalue weighted by atomic mass is 9.83. The van der Waals surface area contributed by atoms with Gasteiger partial charge in [-0.2, -0.15) is 5.10 Å². The van der Waals surface area contributed by atoms with Gasteiger partial charge in [-0.3, -0.25) is 14.4 Å². The van der Waals surface area contributed by atoms with Crippen molar-refractivity contribution in [3.8, 4) is 0 Å². The van der Waals surface area contributed by atoms with E-state index in [0.717, 1.165) is 0 Å². The van der Waals surface area contributed by atoms with Gasteiger partial charge in [-0.15, -0.1) is 0 Å². The monoisotopic (exact) mass is 384 g/mol. The summed E-state index contributed by atoms with van der Waals surface area (Å²) in [5, 5.41) is 15.6. The van der Waals surface area contributed by atoms with Crippen molar-refractivity contribution in [2.75, 3.05) is 5.01 Å². The Kier molecular flexibility index (Phi) is 5.37. The van der Waals surface area contributed by atoms with E-state index in [2.05, 4.69) is 5.10 Å². The maximum absolute atomic E-state index is 12.8. The van der Waals surface area contributed by atoms with Crippen LogP contribution < -0.4 is 5.01 Å². The maximum Gasteiger partial charge on any atom is 0.308 e. The van der Waals surface area contributed by atoms with Crippen molar-refractivity contribution in [3.05, 3.63) is 65.2 Å². The van der Waals surface area contributed by atoms with Crippen molar-refractivity contribution in [3.63, 3.8) is 0 Å². The topological polar surface area (TPSA) is 87.0 Å². The number of halogens is 1. The number of hydrazone groups is 1. The number of hydrogen-bond donors (Lipinski definition) is 1. The first-order valence-corrected chi connectivity index (χ1v) is 8.72. The van der Waals surface area contributed by atoms with Gasteiger partial charge in [0.15, 0.2) is 5.78 Å². The predicted molar refractivity (Wildman–Crippen MR) is 102 cm³/mol. The summed E-state index contributed by atoms with van der Waals surface area (Å²) in [6.07, 6.45) is -0.303. The van der Waals surface area contributed by atoms with Crippen LogP contribution in [0.2, 0.25) is 5.02 Å². The van der Waals surface area contributed by atoms with Gasteiger partial charge in [-0.1, -0.05) is 29.8 Å². The van der Waals surface area contributed by atoms with Crippen molar-refractivity contribution in [1.29, 1.82) is 0 Å². The van der Waals surface area contributed by atoms with Gasteiger partial charge in [0.2, 0.25) is 0 Å². The summed E-state index contributed by atoms with van der Waals surface area (Å²) in [6.45, 7) is 1.61. The summed E-state index contributed by atoms with van der Waals surface area (Å²) in [6, 6.07) is 15.0. The number of carboxylic acids is 1. The van der Waals surface area contributed by atoms with Crippen LogP contribution in [-0.4, -0.2) is 28.5 Å². The standard InChI is InChI=1S/C20H17ClN2O4/c1-12-18(19(25)23(22-12)15-5-3-2-4-6-15)16(20(26)27)11-17(24)13-7-9-14(21)10-8-13/h2-10,16,18H,11H2,1H3,(H,26,27)/t16-,18-/m1/s1. The van der Waals surface area contributed by atoms with Crippen LogP contribution in [0.1, 0.15) is 23.7 Å². The summed E-state index contributed by atoms with van der Waals surface area (Å²) >= 11 is 5.82. The van der Waals surface area contributed by atoms with Crippen molar-refractivity contribution >= 4 is 40.7 Å². The van der Waals surface area contributed by atoms with Crippen LogP contribution in [0, 0.1) is 11.8 Å². The zero-order valence-corrected chi connectivity index (χ0v) is 15.3. The van der Waals surface area contributed by atoms with E-state index < -0.39 is 23.7 Å². The minimum Gasteiger partial charge on any atom is -0.481 e. The number of ketones is 1. The third-order valence-corrected chi connectivity index (χ3v) is 4.73. The molecule has 1 amide bonds. The normalized spacial score (nSPS) is 17.6. The molecular weight excluding hydrogens is 368 g/mol. The molecule has 0 radical (unpaired) electrons. The first-order valence-electron chi connectivity index (χ1n) is 8.34. The smallest absolute Gasteiger partial charge is 0.308 e. The summed E-state index contributed by atoms with van der Waals surface area (Å²) in [5.74, 6) is -4.20. The third kappa shape index (κ3) is 3.90. The molecular formula is C20H17ClN2O4. The number of carboxylic acid groups (broad SMARTS) is 1. The Balaban J connectivity index is 1.84. The van der Waals surface area contributed by atoms with Gasteiger partial charge in [0.05, 0.1) is 17.5 Å². The van der Waals surface area contributed by atoms with Gasteiger partial charge in [-0.05, 0) is 43.3 Å². The van der Waals surface area contributed by atoms with E-state index in [-0.39, 0.29) is 12.2 Å². The van der Waals surface area contributed by atoms with E-state index in [1.165, 1.54) is 17.1 Å². The van der Waals surface area contributed by atoms with Crippen molar-refractivity contribution in [1.82, 2.24) is 0 Å². The lowest BCUT2D eigenvalue weighted by Crippen LogP contribution is -2.37. The first kappa shape index (κ1) is 18.8. The quantitative estimate of drug-likeness (QED) is 0.770. The molecule has 0 fully saturated rings. The molecule has 27 heavy (non-hydrogen) atoms. The fourth-order valence-electron chi connectivity index (χ4n) is 3.10. The van der Waals surface area contributed by atoms with Crippen LogP contribution in [-0.2, 0) is 9.59 Å². The highest BCUT2D eigenvalue weighted by atomic mass is 35.5. The van der Waals surface area contributed by atoms with Crippen LogP contribution in [0.25, 0.3) is 0 Å². The Morgan fingerprint density at radius 1 is 1.15 bits per heavy atom. The molecule has 0 bridgehead atoms. The Morgan fingerprint density at radius 2 is 1.78 bits per heavy atom. The van der Waals surface area contributed by atoms with Gasteiger partial charge in [0.25, 0.3) is 5.91 Å². The number of hydrogen-bond acceptors (Lipinski definition) is 4. The van der Waals surface area contributed by atoms with E-state index in [1.54, 1.807) is 43.3 Å². The number of aliphatic carboxylic acids is 1. The second-order valence-corrected chi connectivity index (χ2v) is 6.72. The van der Waals surface area contributed by atoms with Crippen LogP contribution >= 0.6 is 11.6 Å². The molecule has 1 aliphatic heterocycles. The number of amides is 1. The number of anilines is 1. The molecule has 2 aromatic rings. The molecule has 0 unspecified atom stereocenters. The predicted octanol–water partition coefficient (Wildman–Crippen LogP) is 3.65. The molecule has 6 nitrogen and oxygen atoms in total. The largest absolute Gasteiger partial charge is 0.481 e. The fourth-order valence-corrected chi connectivity index (χ4v) is 3.22. The summed E-state index contributed by atoms with van der Waals surface area (Å²) in [5.41, 5.74) is 1.28. The third-order valence-electron chi connectivity index (χ3n) is 4.47. The van der Waals surface area contributed by atoms with Crippen LogP contribution in [0.3, 0.4) is 0 Å². The molecule has 1 N–H and O–H groups in total. The van der Waals surface area contributed by atoms with E-state index >= 15 is 0 Å². The first-order chi connectivity index (χ1) is 12.9. The highest BCUT2D eigenvalue weighted by Crippen LogP contribution is 2.31. The van der Waals surface area contributed by atoms with E-state index in [4.69, 9.17) is 11.6 Å². The SMILES string of the molecule is CC1=NN(c2ccccc2)C(=O)[C@H]1[C@@H](CC(=O)c1ccc(Cl)cc1)C(=O)O. The van der Waals surface area contributed by atoms with Crippen LogP contribution in [0.15, 0.2) is 59.7 Å². The Hall–Kier alpha value is -2.99. The van der Waals surface area contributed by atoms with Crippen molar-refractivity contribution in [2.45, 2.75) is 13.3 Å². The molecule has 1 aliphatic rings. The molecule has 0 saturated carbocycles. The van der Waals surface area contributed by atoms with Crippen LogP contribution in [0.4, 0.5) is 5.69 Å². The lowest BCUT2D eigenvalue weighted by molar-refractivity contribution is -0.144. The molecule has 7 heteroatoms. The minimum absolute atomic E-state index is 0.303. The highest BCUT2D eigenvalue weighted by Gasteiger charge is 2.44. The van der Waals surface area contributed by atoms with Gasteiger partial charge in [0.1, 0.15) is 0 Å². The summed E-state index contributed by atoms with van der Waals surface area (Å²) in [4.78, 5) is 37.2. The van der Waals surface area contributed by atoms with E-state index in [9.17, 15) is 19.5 Å². The summed E-state index contributed by atoms with van der Waals surface area (Å²) in [7, 11) is 0. The van der Waals surface area contributed by atoms with Crippen molar-refractivity contribution < 1.29 is 19.5 Å². The number of carbonyl (C=O) groups excluding carboxylic acids is 2. The molecule has 2 aromatic carbocycles. The molecule has 138 valence electrons. The molecule has 0 saturated heterocycles. The molecule has 2 atom stereocenters. The number of Topliss-reactive ketones (excluding diaryl/α,β-unsaturated/α-hetero) is 1. The zero-order chi connectivity index (χ0) is 19.6. The summed E-state index contributed by atoms with van der Waals surface area (Å²) < 4.78 is 0. The second kappa shape index (κ2) is 7.72. The zero-order valence-electron chi connectivity index (χ0n) is 14.5. The van der Waals surface area contributed by atoms with Gasteiger partial charge >= 0.3 is 5.97 Å². The number of rotatable bonds is 6. The highest BCUT2D eigenvalue weighted by molar-refractivity contribution is 6.30. The van der Waals surface area contributed by atoms with Crippen molar-refractivity contribution in [2.24, 2.45) is 16.9 Å². The molecule has 3 rings (SSSR count). The molecule has 1 heterocycles. The number of nitrogens with zero attached hydrogens (tertiary/aromatic N) is 2. The average molecular weight is 385 g/mol. The van der Waals surface area contributed by atoms with Gasteiger partial charge < -0.3 is 5.11 Å². The van der Waals surface area contributed by atoms with E-state index in [1.807, 2.05) is 6.07 Å². The molecule has 0 spiro atoms. The minimum atomic E-state index is -1.21. The second-order valence-electron chi connectivity index (χ2n) is 6.28. The lowest BCUT2D eigenvalue weighted by Gasteiger charge is -2.19. The Morgan fingerprint density at radius 3 is 2.37 bits per heavy atom. The molecule has 0 aromatic heterocycles. The average Bonchev–Trinajstić information content (AvgIpc) is 2.95. The van der Waals surface area contributed by atoms with Crippen LogP contribution in [0.5, 0.6) is 0 Å². The van der Waals surface area contributed by atoms with Gasteiger partial charge in [-0.25, -0.2) is 5.01 Å². The van der Waals surface area contributed by atoms with E-state index in [0.29, 0.717) is 22.0 Å². The maximum atomic E-state index is 12.8. The number of para-hydroxylation sites is 1. The fraction of sp³-hybridized carbons (Fsp3) is 0.200. The Bertz CT molecular complexity index is 909.